The number of amides is 3. The first kappa shape index (κ1) is 27.2. The number of aromatic nitrogens is 1. The van der Waals surface area contributed by atoms with Crippen LogP contribution >= 0.6 is 11.8 Å². The van der Waals surface area contributed by atoms with E-state index in [-0.39, 0.29) is 51.6 Å². The van der Waals surface area contributed by atoms with Gasteiger partial charge in [-0.2, -0.15) is 0 Å². The van der Waals surface area contributed by atoms with Gasteiger partial charge in [-0.25, -0.2) is 9.78 Å². The molecule has 0 atom stereocenters. The fraction of sp³-hybridized carbons (Fsp3) is 0.192. The number of aromatic hydroxyl groups is 1. The number of nitrogens with one attached hydrogen (secondary N) is 2. The van der Waals surface area contributed by atoms with Crippen LogP contribution in [0.1, 0.15) is 44.4 Å². The molecule has 0 radical (unpaired) electrons. The summed E-state index contributed by atoms with van der Waals surface area (Å²) in [6, 6.07) is 14.2. The molecule has 0 saturated heterocycles. The van der Waals surface area contributed by atoms with Gasteiger partial charge in [0.25, 0.3) is 11.8 Å². The number of hydrogen-bond donors (Lipinski definition) is 3. The monoisotopic (exact) mass is 522 g/mol. The Balaban J connectivity index is 2.06. The van der Waals surface area contributed by atoms with Crippen LogP contribution in [0.2, 0.25) is 0 Å². The number of hydrogen-bond acceptors (Lipinski definition) is 8. The van der Waals surface area contributed by atoms with Crippen molar-refractivity contribution < 1.29 is 29.0 Å². The molecule has 0 unspecified atom stereocenters. The molecule has 192 valence electrons. The predicted molar refractivity (Wildman–Crippen MR) is 139 cm³/mol. The van der Waals surface area contributed by atoms with Crippen molar-refractivity contribution in [3.63, 3.8) is 0 Å². The molecule has 0 aliphatic carbocycles. The molecule has 37 heavy (non-hydrogen) atoms. The summed E-state index contributed by atoms with van der Waals surface area (Å²) in [5.41, 5.74) is 0.924. The number of benzene rings is 2. The lowest BCUT2D eigenvalue weighted by molar-refractivity contribution is -0.115. The highest BCUT2D eigenvalue weighted by Crippen LogP contribution is 2.39. The lowest BCUT2D eigenvalue weighted by Gasteiger charge is -2.16. The van der Waals surface area contributed by atoms with Crippen LogP contribution < -0.4 is 10.6 Å². The molecule has 3 amide bonds. The van der Waals surface area contributed by atoms with Crippen molar-refractivity contribution in [3.8, 4) is 5.75 Å². The molecule has 0 aliphatic rings. The van der Waals surface area contributed by atoms with E-state index in [0.29, 0.717) is 10.5 Å². The molecule has 1 heterocycles. The number of ether oxygens (including phenoxy) is 1. The van der Waals surface area contributed by atoms with Crippen molar-refractivity contribution in [2.45, 2.75) is 23.3 Å². The van der Waals surface area contributed by atoms with Gasteiger partial charge in [0.1, 0.15) is 5.03 Å². The highest BCUT2D eigenvalue weighted by atomic mass is 32.2. The summed E-state index contributed by atoms with van der Waals surface area (Å²) in [4.78, 5) is 55.9. The maximum atomic E-state index is 12.6. The Bertz CT molecular complexity index is 1340. The second kappa shape index (κ2) is 12.0. The molecule has 2 aromatic carbocycles. The standard InChI is InChI=1S/C26H26N4O6S/c1-5-21(32)27-18-14-19(31)22(28-23(33)15-9-7-6-8-10-15)29-24(18)37-20-12-11-16(25(34)30(2)3)13-17(20)26(35)36-4/h6-14,31H,5H2,1-4H3,(H,27,32)(H,28,29,33). The summed E-state index contributed by atoms with van der Waals surface area (Å²) in [5.74, 6) is -2.29. The molecule has 3 N–H and O–H groups in total. The zero-order valence-corrected chi connectivity index (χ0v) is 21.5. The van der Waals surface area contributed by atoms with E-state index in [9.17, 15) is 24.3 Å². The van der Waals surface area contributed by atoms with Crippen molar-refractivity contribution in [2.75, 3.05) is 31.8 Å². The van der Waals surface area contributed by atoms with E-state index in [4.69, 9.17) is 4.74 Å². The SMILES string of the molecule is CCC(=O)Nc1cc(O)c(NC(=O)c2ccccc2)nc1Sc1ccc(C(=O)N(C)C)cc1C(=O)OC. The van der Waals surface area contributed by atoms with E-state index in [1.165, 1.54) is 24.1 Å². The van der Waals surface area contributed by atoms with E-state index in [1.807, 2.05) is 0 Å². The number of esters is 1. The number of rotatable bonds is 8. The second-order valence-electron chi connectivity index (χ2n) is 7.93. The van der Waals surface area contributed by atoms with E-state index in [2.05, 4.69) is 15.6 Å². The van der Waals surface area contributed by atoms with Gasteiger partial charge in [0.05, 0.1) is 18.4 Å². The molecule has 0 spiro atoms. The van der Waals surface area contributed by atoms with Crippen LogP contribution in [0.15, 0.2) is 64.5 Å². The Morgan fingerprint density at radius 3 is 2.32 bits per heavy atom. The van der Waals surface area contributed by atoms with Gasteiger partial charge in [0.15, 0.2) is 11.6 Å². The number of carbonyl (C=O) groups is 4. The largest absolute Gasteiger partial charge is 0.504 e. The van der Waals surface area contributed by atoms with Gasteiger partial charge in [0, 0.05) is 42.6 Å². The van der Waals surface area contributed by atoms with Crippen LogP contribution in [0.3, 0.4) is 0 Å². The minimum atomic E-state index is -0.675. The summed E-state index contributed by atoms with van der Waals surface area (Å²) in [6.45, 7) is 1.67. The number of carbonyl (C=O) groups excluding carboxylic acids is 4. The van der Waals surface area contributed by atoms with E-state index in [1.54, 1.807) is 63.5 Å². The van der Waals surface area contributed by atoms with Crippen LogP contribution in [0.4, 0.5) is 11.5 Å². The summed E-state index contributed by atoms with van der Waals surface area (Å²) in [5, 5.41) is 16.0. The summed E-state index contributed by atoms with van der Waals surface area (Å²) in [6.07, 6.45) is 0.173. The highest BCUT2D eigenvalue weighted by molar-refractivity contribution is 7.99. The minimum absolute atomic E-state index is 0.109. The third-order valence-corrected chi connectivity index (χ3v) is 6.16. The Labute approximate surface area is 218 Å². The normalized spacial score (nSPS) is 10.4. The maximum Gasteiger partial charge on any atom is 0.339 e. The molecule has 0 aliphatic heterocycles. The van der Waals surface area contributed by atoms with Crippen LogP contribution in [0, 0.1) is 0 Å². The van der Waals surface area contributed by atoms with Gasteiger partial charge >= 0.3 is 5.97 Å². The average molecular weight is 523 g/mol. The fourth-order valence-electron chi connectivity index (χ4n) is 3.14. The van der Waals surface area contributed by atoms with Crippen molar-refractivity contribution >= 4 is 47.0 Å². The minimum Gasteiger partial charge on any atom is -0.504 e. The molecular weight excluding hydrogens is 496 g/mol. The highest BCUT2D eigenvalue weighted by Gasteiger charge is 2.21. The van der Waals surface area contributed by atoms with Crippen molar-refractivity contribution in [1.29, 1.82) is 0 Å². The molecule has 0 fully saturated rings. The lowest BCUT2D eigenvalue weighted by atomic mass is 10.1. The Morgan fingerprint density at radius 2 is 1.70 bits per heavy atom. The van der Waals surface area contributed by atoms with E-state index < -0.39 is 11.9 Å². The summed E-state index contributed by atoms with van der Waals surface area (Å²) < 4.78 is 4.90. The Kier molecular flexibility index (Phi) is 8.86. The topological polar surface area (TPSA) is 138 Å². The van der Waals surface area contributed by atoms with Crippen molar-refractivity contribution in [2.24, 2.45) is 0 Å². The summed E-state index contributed by atoms with van der Waals surface area (Å²) in [7, 11) is 4.41. The average Bonchev–Trinajstić information content (AvgIpc) is 2.90. The zero-order valence-electron chi connectivity index (χ0n) is 20.7. The number of pyridine rings is 1. The molecule has 0 saturated carbocycles. The molecule has 0 bridgehead atoms. The first-order valence-corrected chi connectivity index (χ1v) is 12.0. The fourth-order valence-corrected chi connectivity index (χ4v) is 4.09. The van der Waals surface area contributed by atoms with Crippen LogP contribution in [0.5, 0.6) is 5.75 Å². The van der Waals surface area contributed by atoms with Crippen molar-refractivity contribution in [3.05, 3.63) is 71.3 Å². The third kappa shape index (κ3) is 6.64. The summed E-state index contributed by atoms with van der Waals surface area (Å²) >= 11 is 0.998. The van der Waals surface area contributed by atoms with E-state index in [0.717, 1.165) is 11.8 Å². The third-order valence-electron chi connectivity index (χ3n) is 5.08. The van der Waals surface area contributed by atoms with Gasteiger partial charge in [-0.05, 0) is 30.3 Å². The Hall–Kier alpha value is -4.38. The number of anilines is 2. The van der Waals surface area contributed by atoms with Gasteiger partial charge in [-0.1, -0.05) is 36.9 Å². The molecule has 11 heteroatoms. The second-order valence-corrected chi connectivity index (χ2v) is 8.97. The van der Waals surface area contributed by atoms with Gasteiger partial charge < -0.3 is 25.4 Å². The maximum absolute atomic E-state index is 12.6. The first-order chi connectivity index (χ1) is 17.6. The van der Waals surface area contributed by atoms with Crippen molar-refractivity contribution in [1.82, 2.24) is 9.88 Å². The number of methoxy groups -OCH3 is 1. The smallest absolute Gasteiger partial charge is 0.339 e. The quantitative estimate of drug-likeness (QED) is 0.377. The number of nitrogens with zero attached hydrogens (tertiary/aromatic N) is 2. The molecule has 1 aromatic heterocycles. The van der Waals surface area contributed by atoms with Crippen LogP contribution in [-0.4, -0.2) is 59.9 Å². The van der Waals surface area contributed by atoms with Crippen LogP contribution in [-0.2, 0) is 9.53 Å². The zero-order chi connectivity index (χ0) is 27.1. The first-order valence-electron chi connectivity index (χ1n) is 11.2. The molecule has 10 nitrogen and oxygen atoms in total. The molecular formula is C26H26N4O6S. The van der Waals surface area contributed by atoms with Gasteiger partial charge in [-0.3, -0.25) is 14.4 Å². The predicted octanol–water partition coefficient (Wildman–Crippen LogP) is 4.03. The van der Waals surface area contributed by atoms with Crippen LogP contribution in [0.25, 0.3) is 0 Å². The van der Waals surface area contributed by atoms with Gasteiger partial charge in [-0.15, -0.1) is 0 Å². The molecule has 3 aromatic rings. The van der Waals surface area contributed by atoms with Gasteiger partial charge in [0.2, 0.25) is 5.91 Å². The van der Waals surface area contributed by atoms with E-state index >= 15 is 0 Å². The molecule has 3 rings (SSSR count). The Morgan fingerprint density at radius 1 is 1.00 bits per heavy atom. The lowest BCUT2D eigenvalue weighted by Crippen LogP contribution is -2.22.